The van der Waals surface area contributed by atoms with Gasteiger partial charge in [-0.1, -0.05) is 32.6 Å². The highest BCUT2D eigenvalue weighted by molar-refractivity contribution is 5.00. The van der Waals surface area contributed by atoms with Gasteiger partial charge in [-0.05, 0) is 37.7 Å². The molecule has 1 aromatic heterocycles. The molecule has 2 aliphatic rings. The summed E-state index contributed by atoms with van der Waals surface area (Å²) >= 11 is 0. The number of hydrogen-bond acceptors (Lipinski definition) is 2. The second kappa shape index (κ2) is 6.08. The zero-order chi connectivity index (χ0) is 13.1. The minimum atomic E-state index is 0.670. The monoisotopic (exact) mass is 261 g/mol. The Morgan fingerprint density at radius 3 is 2.84 bits per heavy atom. The highest BCUT2D eigenvalue weighted by Gasteiger charge is 2.19. The van der Waals surface area contributed by atoms with Crippen LogP contribution in [0.15, 0.2) is 12.3 Å². The summed E-state index contributed by atoms with van der Waals surface area (Å²) < 4.78 is 2.20. The van der Waals surface area contributed by atoms with Crippen LogP contribution in [0, 0.1) is 5.92 Å². The Balaban J connectivity index is 1.49. The molecule has 0 aliphatic heterocycles. The largest absolute Gasteiger partial charge is 0.308 e. The van der Waals surface area contributed by atoms with Crippen molar-refractivity contribution >= 4 is 0 Å². The highest BCUT2D eigenvalue weighted by atomic mass is 15.3. The lowest BCUT2D eigenvalue weighted by Gasteiger charge is -2.27. The summed E-state index contributed by atoms with van der Waals surface area (Å²) in [5.74, 6) is 0.891. The van der Waals surface area contributed by atoms with Gasteiger partial charge in [-0.2, -0.15) is 5.10 Å². The van der Waals surface area contributed by atoms with Crippen molar-refractivity contribution in [3.8, 4) is 0 Å². The number of nitrogens with one attached hydrogen (secondary N) is 1. The van der Waals surface area contributed by atoms with Crippen molar-refractivity contribution in [2.75, 3.05) is 0 Å². The molecule has 2 aliphatic carbocycles. The van der Waals surface area contributed by atoms with Gasteiger partial charge >= 0.3 is 0 Å². The van der Waals surface area contributed by atoms with Gasteiger partial charge in [0.05, 0.1) is 11.7 Å². The van der Waals surface area contributed by atoms with Crippen molar-refractivity contribution in [1.82, 2.24) is 15.1 Å². The van der Waals surface area contributed by atoms with Gasteiger partial charge in [-0.15, -0.1) is 0 Å². The first-order chi connectivity index (χ1) is 9.31. The van der Waals surface area contributed by atoms with Crippen LogP contribution < -0.4 is 5.32 Å². The van der Waals surface area contributed by atoms with Crippen LogP contribution in [-0.4, -0.2) is 15.8 Å². The van der Waals surface area contributed by atoms with Crippen LogP contribution >= 0.6 is 0 Å². The van der Waals surface area contributed by atoms with Gasteiger partial charge in [0.25, 0.3) is 0 Å². The highest BCUT2D eigenvalue weighted by Crippen LogP contribution is 2.28. The lowest BCUT2D eigenvalue weighted by molar-refractivity contribution is 0.299. The van der Waals surface area contributed by atoms with Crippen molar-refractivity contribution < 1.29 is 0 Å². The standard InChI is InChI=1S/C16H27N3/c1-13-5-4-6-14(11-13)17-12-15-9-10-19(18-15)16-7-2-3-8-16/h9-10,13-14,16-17H,2-8,11-12H2,1H3. The van der Waals surface area contributed by atoms with Gasteiger partial charge in [0, 0.05) is 18.8 Å². The molecule has 19 heavy (non-hydrogen) atoms. The van der Waals surface area contributed by atoms with Gasteiger partial charge in [-0.25, -0.2) is 0 Å². The topological polar surface area (TPSA) is 29.9 Å². The predicted octanol–water partition coefficient (Wildman–Crippen LogP) is 3.67. The third kappa shape index (κ3) is 3.38. The van der Waals surface area contributed by atoms with E-state index in [-0.39, 0.29) is 0 Å². The Morgan fingerprint density at radius 1 is 1.21 bits per heavy atom. The first-order valence-electron chi connectivity index (χ1n) is 8.08. The van der Waals surface area contributed by atoms with E-state index in [1.165, 1.54) is 57.1 Å². The van der Waals surface area contributed by atoms with E-state index in [2.05, 4.69) is 29.2 Å². The van der Waals surface area contributed by atoms with Crippen molar-refractivity contribution in [3.05, 3.63) is 18.0 Å². The molecular weight excluding hydrogens is 234 g/mol. The van der Waals surface area contributed by atoms with Gasteiger partial charge in [-0.3, -0.25) is 4.68 Å². The van der Waals surface area contributed by atoms with E-state index in [1.807, 2.05) is 0 Å². The molecule has 3 nitrogen and oxygen atoms in total. The maximum Gasteiger partial charge on any atom is 0.0762 e. The predicted molar refractivity (Wildman–Crippen MR) is 78.0 cm³/mol. The molecule has 1 heterocycles. The van der Waals surface area contributed by atoms with Gasteiger partial charge in [0.1, 0.15) is 0 Å². The molecule has 2 unspecified atom stereocenters. The van der Waals surface area contributed by atoms with Crippen molar-refractivity contribution in [2.45, 2.75) is 76.9 Å². The van der Waals surface area contributed by atoms with Gasteiger partial charge < -0.3 is 5.32 Å². The molecule has 106 valence electrons. The molecule has 3 rings (SSSR count). The summed E-state index contributed by atoms with van der Waals surface area (Å²) in [7, 11) is 0. The Labute approximate surface area is 116 Å². The number of aromatic nitrogens is 2. The summed E-state index contributed by atoms with van der Waals surface area (Å²) in [6.45, 7) is 3.32. The van der Waals surface area contributed by atoms with E-state index in [1.54, 1.807) is 0 Å². The van der Waals surface area contributed by atoms with Gasteiger partial charge in [0.15, 0.2) is 0 Å². The third-order valence-corrected chi connectivity index (χ3v) is 4.87. The summed E-state index contributed by atoms with van der Waals surface area (Å²) in [4.78, 5) is 0. The zero-order valence-corrected chi connectivity index (χ0v) is 12.1. The van der Waals surface area contributed by atoms with Crippen molar-refractivity contribution in [1.29, 1.82) is 0 Å². The molecule has 1 aromatic rings. The average molecular weight is 261 g/mol. The quantitative estimate of drug-likeness (QED) is 0.896. The molecule has 0 bridgehead atoms. The normalized spacial score (nSPS) is 28.9. The zero-order valence-electron chi connectivity index (χ0n) is 12.1. The number of hydrogen-bond donors (Lipinski definition) is 1. The third-order valence-electron chi connectivity index (χ3n) is 4.87. The van der Waals surface area contributed by atoms with Crippen LogP contribution in [0.1, 0.15) is 70.0 Å². The molecule has 2 atom stereocenters. The fourth-order valence-corrected chi connectivity index (χ4v) is 3.71. The van der Waals surface area contributed by atoms with Gasteiger partial charge in [0.2, 0.25) is 0 Å². The number of nitrogens with zero attached hydrogens (tertiary/aromatic N) is 2. The first-order valence-corrected chi connectivity index (χ1v) is 8.08. The second-order valence-corrected chi connectivity index (χ2v) is 6.57. The lowest BCUT2D eigenvalue weighted by Crippen LogP contribution is -2.33. The molecule has 0 spiro atoms. The summed E-state index contributed by atoms with van der Waals surface area (Å²) in [6, 6.07) is 3.57. The number of rotatable bonds is 4. The smallest absolute Gasteiger partial charge is 0.0762 e. The van der Waals surface area contributed by atoms with Crippen LogP contribution in [0.4, 0.5) is 0 Å². The molecule has 0 amide bonds. The minimum Gasteiger partial charge on any atom is -0.308 e. The molecule has 0 saturated heterocycles. The van der Waals surface area contributed by atoms with Crippen LogP contribution in [0.25, 0.3) is 0 Å². The summed E-state index contributed by atoms with van der Waals surface area (Å²) in [5, 5.41) is 8.45. The van der Waals surface area contributed by atoms with E-state index in [0.717, 1.165) is 12.5 Å². The van der Waals surface area contributed by atoms with E-state index in [4.69, 9.17) is 5.10 Å². The Hall–Kier alpha value is -0.830. The lowest BCUT2D eigenvalue weighted by atomic mass is 9.87. The SMILES string of the molecule is CC1CCCC(NCc2ccn(C3CCCC3)n2)C1. The van der Waals surface area contributed by atoms with E-state index >= 15 is 0 Å². The van der Waals surface area contributed by atoms with Crippen molar-refractivity contribution in [2.24, 2.45) is 5.92 Å². The van der Waals surface area contributed by atoms with Crippen LogP contribution in [0.2, 0.25) is 0 Å². The fraction of sp³-hybridized carbons (Fsp3) is 0.812. The Kier molecular flexibility index (Phi) is 4.21. The van der Waals surface area contributed by atoms with Crippen LogP contribution in [0.3, 0.4) is 0 Å². The van der Waals surface area contributed by atoms with Crippen LogP contribution in [-0.2, 0) is 6.54 Å². The minimum absolute atomic E-state index is 0.670. The van der Waals surface area contributed by atoms with Crippen LogP contribution in [0.5, 0.6) is 0 Å². The second-order valence-electron chi connectivity index (χ2n) is 6.57. The van der Waals surface area contributed by atoms with Crippen molar-refractivity contribution in [3.63, 3.8) is 0 Å². The molecule has 0 aromatic carbocycles. The average Bonchev–Trinajstić information content (AvgIpc) is 3.07. The molecule has 1 N–H and O–H groups in total. The molecule has 2 fully saturated rings. The Morgan fingerprint density at radius 2 is 2.05 bits per heavy atom. The molecular formula is C16H27N3. The fourth-order valence-electron chi connectivity index (χ4n) is 3.71. The van der Waals surface area contributed by atoms with E-state index in [9.17, 15) is 0 Å². The van der Waals surface area contributed by atoms with E-state index in [0.29, 0.717) is 12.1 Å². The summed E-state index contributed by atoms with van der Waals surface area (Å²) in [6.07, 6.45) is 13.0. The molecule has 2 saturated carbocycles. The first kappa shape index (κ1) is 13.2. The maximum atomic E-state index is 4.75. The Bertz CT molecular complexity index is 392. The van der Waals surface area contributed by atoms with E-state index < -0.39 is 0 Å². The maximum absolute atomic E-state index is 4.75. The molecule has 3 heteroatoms. The molecule has 0 radical (unpaired) electrons. The summed E-state index contributed by atoms with van der Waals surface area (Å²) in [5.41, 5.74) is 1.21.